The van der Waals surface area contributed by atoms with Crippen LogP contribution in [0.5, 0.6) is 0 Å². The molecule has 0 radical (unpaired) electrons. The van der Waals surface area contributed by atoms with Crippen LogP contribution in [0.4, 0.5) is 0 Å². The number of benzene rings is 1. The number of furan rings is 1. The summed E-state index contributed by atoms with van der Waals surface area (Å²) in [4.78, 5) is 0. The van der Waals surface area contributed by atoms with Crippen molar-refractivity contribution >= 4 is 10.2 Å². The molecule has 5 nitrogen and oxygen atoms in total. The van der Waals surface area contributed by atoms with Crippen molar-refractivity contribution in [3.05, 3.63) is 59.5 Å². The minimum absolute atomic E-state index is 0.0796. The standard InChI is InChI=1S/C18H22N2O3S/c1-19(16-11-10-14-6-2-3-7-15(14)16)24(21,22)20-12-4-8-17(20)18-9-5-13-23-18/h2-3,5-7,9,13,16-17H,4,8,10-12H2,1H3. The summed E-state index contributed by atoms with van der Waals surface area (Å²) in [7, 11) is -1.83. The largest absolute Gasteiger partial charge is 0.468 e. The number of hydrogen-bond acceptors (Lipinski definition) is 3. The fourth-order valence-corrected chi connectivity index (χ4v) is 5.78. The van der Waals surface area contributed by atoms with Crippen LogP contribution in [0.15, 0.2) is 47.1 Å². The molecule has 0 bridgehead atoms. The van der Waals surface area contributed by atoms with Crippen molar-refractivity contribution in [3.8, 4) is 0 Å². The van der Waals surface area contributed by atoms with Crippen LogP contribution in [0, 0.1) is 0 Å². The summed E-state index contributed by atoms with van der Waals surface area (Å²) in [6.07, 6.45) is 5.05. The molecule has 2 aliphatic rings. The van der Waals surface area contributed by atoms with E-state index in [1.165, 1.54) is 5.56 Å². The lowest BCUT2D eigenvalue weighted by Crippen LogP contribution is -2.42. The Balaban J connectivity index is 1.63. The average Bonchev–Trinajstić information content (AvgIpc) is 3.31. The second kappa shape index (κ2) is 6.02. The fourth-order valence-electron chi connectivity index (χ4n) is 4.02. The van der Waals surface area contributed by atoms with Gasteiger partial charge in [-0.3, -0.25) is 0 Å². The summed E-state index contributed by atoms with van der Waals surface area (Å²) in [6.45, 7) is 0.548. The molecule has 2 atom stereocenters. The lowest BCUT2D eigenvalue weighted by Gasteiger charge is -2.31. The van der Waals surface area contributed by atoms with Gasteiger partial charge in [0.05, 0.1) is 18.3 Å². The molecule has 24 heavy (non-hydrogen) atoms. The molecule has 1 fully saturated rings. The molecule has 4 rings (SSSR count). The Hall–Kier alpha value is -1.63. The summed E-state index contributed by atoms with van der Waals surface area (Å²) in [5.41, 5.74) is 2.39. The van der Waals surface area contributed by atoms with Gasteiger partial charge < -0.3 is 4.42 Å². The van der Waals surface area contributed by atoms with Crippen LogP contribution in [0.2, 0.25) is 0 Å². The Bertz CT molecular complexity index is 817. The van der Waals surface area contributed by atoms with Crippen LogP contribution in [0.1, 0.15) is 48.2 Å². The van der Waals surface area contributed by atoms with E-state index in [2.05, 4.69) is 6.07 Å². The van der Waals surface area contributed by atoms with E-state index < -0.39 is 10.2 Å². The Morgan fingerprint density at radius 2 is 2.00 bits per heavy atom. The third-order valence-electron chi connectivity index (χ3n) is 5.28. The molecule has 6 heteroatoms. The molecule has 2 heterocycles. The van der Waals surface area contributed by atoms with Crippen LogP contribution >= 0.6 is 0 Å². The van der Waals surface area contributed by atoms with Gasteiger partial charge in [0.15, 0.2) is 0 Å². The summed E-state index contributed by atoms with van der Waals surface area (Å²) >= 11 is 0. The molecule has 2 unspecified atom stereocenters. The molecular weight excluding hydrogens is 324 g/mol. The van der Waals surface area contributed by atoms with Crippen molar-refractivity contribution in [1.29, 1.82) is 0 Å². The lowest BCUT2D eigenvalue weighted by molar-refractivity contribution is 0.289. The van der Waals surface area contributed by atoms with Gasteiger partial charge in [-0.15, -0.1) is 0 Å². The number of aryl methyl sites for hydroxylation is 1. The maximum atomic E-state index is 13.2. The molecule has 0 N–H and O–H groups in total. The molecule has 128 valence electrons. The Morgan fingerprint density at radius 1 is 1.17 bits per heavy atom. The van der Waals surface area contributed by atoms with Crippen molar-refractivity contribution in [3.63, 3.8) is 0 Å². The molecule has 1 aliphatic heterocycles. The van der Waals surface area contributed by atoms with E-state index in [0.29, 0.717) is 6.54 Å². The van der Waals surface area contributed by atoms with Crippen molar-refractivity contribution in [1.82, 2.24) is 8.61 Å². The topological polar surface area (TPSA) is 53.8 Å². The van der Waals surface area contributed by atoms with Crippen LogP contribution in [0.3, 0.4) is 0 Å². The van der Waals surface area contributed by atoms with Crippen LogP contribution in [-0.2, 0) is 16.6 Å². The van der Waals surface area contributed by atoms with Gasteiger partial charge in [0.2, 0.25) is 0 Å². The predicted molar refractivity (Wildman–Crippen MR) is 91.6 cm³/mol. The summed E-state index contributed by atoms with van der Waals surface area (Å²) in [5, 5.41) is 0. The van der Waals surface area contributed by atoms with E-state index in [1.54, 1.807) is 21.9 Å². The quantitative estimate of drug-likeness (QED) is 0.854. The van der Waals surface area contributed by atoms with Gasteiger partial charge in [-0.05, 0) is 48.9 Å². The molecule has 0 amide bonds. The zero-order chi connectivity index (χ0) is 16.7. The predicted octanol–water partition coefficient (Wildman–Crippen LogP) is 3.28. The van der Waals surface area contributed by atoms with Gasteiger partial charge in [-0.25, -0.2) is 0 Å². The normalized spacial score (nSPS) is 24.6. The molecule has 0 spiro atoms. The Morgan fingerprint density at radius 3 is 2.79 bits per heavy atom. The highest BCUT2D eigenvalue weighted by Crippen LogP contribution is 2.40. The van der Waals surface area contributed by atoms with Gasteiger partial charge in [-0.2, -0.15) is 17.0 Å². The van der Waals surface area contributed by atoms with E-state index >= 15 is 0 Å². The maximum absolute atomic E-state index is 13.2. The SMILES string of the molecule is CN(C1CCc2ccccc21)S(=O)(=O)N1CCCC1c1ccco1. The molecule has 2 aromatic rings. The molecule has 1 aromatic carbocycles. The van der Waals surface area contributed by atoms with Crippen molar-refractivity contribution in [2.75, 3.05) is 13.6 Å². The Kier molecular flexibility index (Phi) is 3.98. The van der Waals surface area contributed by atoms with Crippen LogP contribution in [-0.4, -0.2) is 30.6 Å². The van der Waals surface area contributed by atoms with E-state index in [1.807, 2.05) is 30.3 Å². The first kappa shape index (κ1) is 15.9. The number of hydrogen-bond donors (Lipinski definition) is 0. The highest BCUT2D eigenvalue weighted by molar-refractivity contribution is 7.86. The fraction of sp³-hybridized carbons (Fsp3) is 0.444. The molecular formula is C18H22N2O3S. The number of rotatable bonds is 4. The minimum atomic E-state index is -3.53. The van der Waals surface area contributed by atoms with E-state index in [4.69, 9.17) is 4.42 Å². The third-order valence-corrected chi connectivity index (χ3v) is 7.29. The molecule has 1 saturated heterocycles. The second-order valence-corrected chi connectivity index (χ2v) is 8.50. The smallest absolute Gasteiger partial charge is 0.282 e. The van der Waals surface area contributed by atoms with Gasteiger partial charge >= 0.3 is 0 Å². The molecule has 0 saturated carbocycles. The van der Waals surface area contributed by atoms with Crippen molar-refractivity contribution < 1.29 is 12.8 Å². The monoisotopic (exact) mass is 346 g/mol. The first-order chi connectivity index (χ1) is 11.6. The first-order valence-electron chi connectivity index (χ1n) is 8.45. The van der Waals surface area contributed by atoms with Gasteiger partial charge in [0, 0.05) is 13.6 Å². The van der Waals surface area contributed by atoms with E-state index in [9.17, 15) is 8.42 Å². The summed E-state index contributed by atoms with van der Waals surface area (Å²) in [6, 6.07) is 11.6. The van der Waals surface area contributed by atoms with Gasteiger partial charge in [0.1, 0.15) is 5.76 Å². The summed E-state index contributed by atoms with van der Waals surface area (Å²) < 4.78 is 35.1. The third kappa shape index (κ3) is 2.49. The zero-order valence-corrected chi connectivity index (χ0v) is 14.6. The second-order valence-electron chi connectivity index (χ2n) is 6.56. The molecule has 1 aliphatic carbocycles. The average molecular weight is 346 g/mol. The zero-order valence-electron chi connectivity index (χ0n) is 13.8. The van der Waals surface area contributed by atoms with Gasteiger partial charge in [-0.1, -0.05) is 24.3 Å². The molecule has 1 aromatic heterocycles. The van der Waals surface area contributed by atoms with Crippen LogP contribution < -0.4 is 0 Å². The van der Waals surface area contributed by atoms with Crippen molar-refractivity contribution in [2.24, 2.45) is 0 Å². The highest BCUT2D eigenvalue weighted by atomic mass is 32.2. The number of nitrogens with zero attached hydrogens (tertiary/aromatic N) is 2. The van der Waals surface area contributed by atoms with E-state index in [0.717, 1.165) is 37.0 Å². The highest BCUT2D eigenvalue weighted by Gasteiger charge is 2.42. The van der Waals surface area contributed by atoms with Gasteiger partial charge in [0.25, 0.3) is 10.2 Å². The minimum Gasteiger partial charge on any atom is -0.468 e. The van der Waals surface area contributed by atoms with Crippen molar-refractivity contribution in [2.45, 2.75) is 37.8 Å². The lowest BCUT2D eigenvalue weighted by atomic mass is 10.1. The first-order valence-corrected chi connectivity index (χ1v) is 9.85. The van der Waals surface area contributed by atoms with E-state index in [-0.39, 0.29) is 12.1 Å². The Labute approximate surface area is 143 Å². The summed E-state index contributed by atoms with van der Waals surface area (Å²) in [5.74, 6) is 0.733. The van der Waals surface area contributed by atoms with Crippen LogP contribution in [0.25, 0.3) is 0 Å². The maximum Gasteiger partial charge on any atom is 0.282 e. The number of fused-ring (bicyclic) bond motifs is 1.